The number of alkyl halides is 12. The molecule has 0 amide bonds. The summed E-state index contributed by atoms with van der Waals surface area (Å²) in [5, 5.41) is 18.5. The van der Waals surface area contributed by atoms with Gasteiger partial charge in [0.15, 0.2) is 46.3 Å². The molecule has 10 rings (SSSR count). The highest BCUT2D eigenvalue weighted by molar-refractivity contribution is 7.99. The summed E-state index contributed by atoms with van der Waals surface area (Å²) in [5.41, 5.74) is 18.2. The Morgan fingerprint density at radius 2 is 0.586 bits per heavy atom. The molecular formula is C96H78F12N6O12S2. The van der Waals surface area contributed by atoms with Gasteiger partial charge in [0, 0.05) is 144 Å². The highest BCUT2D eigenvalue weighted by Gasteiger charge is 2.38. The fourth-order valence-electron chi connectivity index (χ4n) is 13.5. The molecule has 128 heavy (non-hydrogen) atoms. The zero-order valence-electron chi connectivity index (χ0n) is 68.2. The van der Waals surface area contributed by atoms with Crippen molar-refractivity contribution in [1.29, 1.82) is 10.5 Å². The number of ether oxygens (including phenoxy) is 4. The summed E-state index contributed by atoms with van der Waals surface area (Å²) < 4.78 is 194. The van der Waals surface area contributed by atoms with Gasteiger partial charge in [-0.05, 0) is 154 Å². The first-order chi connectivity index (χ1) is 60.8. The van der Waals surface area contributed by atoms with Crippen molar-refractivity contribution in [2.45, 2.75) is 85.9 Å². The number of hydrogen-bond acceptors (Lipinski definition) is 20. The number of halogens is 12. The lowest BCUT2D eigenvalue weighted by molar-refractivity contribution is -0.138. The first-order valence-electron chi connectivity index (χ1n) is 38.8. The first-order valence-corrected chi connectivity index (χ1v) is 40.8. The van der Waals surface area contributed by atoms with Crippen LogP contribution in [-0.2, 0) is 76.1 Å². The van der Waals surface area contributed by atoms with Gasteiger partial charge < -0.3 is 41.9 Å². The molecule has 10 aromatic carbocycles. The molecule has 0 aromatic heterocycles. The third kappa shape index (κ3) is 26.4. The van der Waals surface area contributed by atoms with Crippen molar-refractivity contribution in [2.24, 2.45) is 22.9 Å². The number of benzene rings is 10. The molecule has 660 valence electrons. The number of nitriles is 2. The number of carbonyl (C=O) groups is 8. The molecule has 32 heteroatoms. The molecule has 0 aliphatic heterocycles. The lowest BCUT2D eigenvalue weighted by atomic mass is 9.92. The molecule has 0 spiro atoms. The molecule has 0 bridgehead atoms. The number of hydrogen-bond donors (Lipinski definition) is 4. The van der Waals surface area contributed by atoms with E-state index in [-0.39, 0.29) is 184 Å². The van der Waals surface area contributed by atoms with Crippen LogP contribution in [-0.4, -0.2) is 111 Å². The standard InChI is InChI=1S/C49H41F6N3O6S2.C47H37F6N3O6/c1-4-28-7-5-9-30(15-28)40(59)21-32-17-36(48(50,51)52)19-34(46(32)65-13-11-56)23-42(61)38-25-39(45(64-3)26-44(38)63-2)43(62)24-35-20-37(49(53,54)55)18-33(47(35)66-14-12-57)22-41(60)31-10-6-8-29(16-31)27-58;1-2-28-5-3-7-34(15-28)40(57)21-30-13-32(19-36(17-30)46(48,49)50)23-42(59)38-25-39(45(62-12-10-55)26-44(38)61-11-9-54)43(60)24-33-14-31(18-37(20-33)47(51,52)53)22-41(58)35-8-4-6-29(16-35)27-56/h1,5-10,15-20,25-26H,11-14,21-24,56-57H2,2-3H3;1,3-8,13-20,25-26H,9-12,21-24,54-55H2. The maximum atomic E-state index is 14.5. The quantitative estimate of drug-likeness (QED) is 0.0121. The van der Waals surface area contributed by atoms with Gasteiger partial charge in [-0.2, -0.15) is 63.2 Å². The minimum absolute atomic E-state index is 0.0131. The Morgan fingerprint density at radius 3 is 0.867 bits per heavy atom. The zero-order valence-corrected chi connectivity index (χ0v) is 69.9. The Hall–Kier alpha value is -13.4. The lowest BCUT2D eigenvalue weighted by Crippen LogP contribution is -2.18. The molecule has 0 fully saturated rings. The molecule has 0 aliphatic carbocycles. The van der Waals surface area contributed by atoms with E-state index < -0.39 is 145 Å². The van der Waals surface area contributed by atoms with E-state index >= 15 is 0 Å². The summed E-state index contributed by atoms with van der Waals surface area (Å²) in [5.74, 6) is -0.872. The van der Waals surface area contributed by atoms with E-state index in [4.69, 9.17) is 54.7 Å². The zero-order chi connectivity index (χ0) is 93.5. The number of carbonyl (C=O) groups excluding carboxylic acids is 8. The van der Waals surface area contributed by atoms with E-state index in [0.717, 1.165) is 84.2 Å². The second-order valence-corrected chi connectivity index (χ2v) is 30.8. The number of nitrogens with zero attached hydrogens (tertiary/aromatic N) is 2. The highest BCUT2D eigenvalue weighted by Crippen LogP contribution is 2.43. The Balaban J connectivity index is 0.000000290. The van der Waals surface area contributed by atoms with Crippen LogP contribution >= 0.6 is 23.5 Å². The number of nitrogens with two attached hydrogens (primary N) is 4. The van der Waals surface area contributed by atoms with E-state index in [9.17, 15) is 102 Å². The second-order valence-electron chi connectivity index (χ2n) is 28.6. The van der Waals surface area contributed by atoms with Gasteiger partial charge in [-0.25, -0.2) is 0 Å². The van der Waals surface area contributed by atoms with Crippen LogP contribution in [0, 0.1) is 47.3 Å². The number of thioether (sulfide) groups is 2. The first kappa shape index (κ1) is 98.4. The van der Waals surface area contributed by atoms with E-state index in [1.54, 1.807) is 18.2 Å². The number of terminal acetylenes is 2. The fourth-order valence-corrected chi connectivity index (χ4v) is 15.4. The Morgan fingerprint density at radius 1 is 0.328 bits per heavy atom. The van der Waals surface area contributed by atoms with Crippen LogP contribution < -0.4 is 41.9 Å². The maximum absolute atomic E-state index is 14.5. The van der Waals surface area contributed by atoms with Gasteiger partial charge in [-0.15, -0.1) is 36.4 Å². The minimum Gasteiger partial charge on any atom is -0.496 e. The molecule has 0 unspecified atom stereocenters. The van der Waals surface area contributed by atoms with Crippen LogP contribution in [0.5, 0.6) is 23.0 Å². The number of rotatable bonds is 38. The van der Waals surface area contributed by atoms with E-state index in [1.807, 2.05) is 12.1 Å². The third-order valence-electron chi connectivity index (χ3n) is 19.4. The van der Waals surface area contributed by atoms with Crippen molar-refractivity contribution in [3.05, 3.63) is 316 Å². The lowest BCUT2D eigenvalue weighted by Gasteiger charge is -2.20. The van der Waals surface area contributed by atoms with Gasteiger partial charge in [0.05, 0.1) is 82.0 Å². The fraction of sp³-hybridized carbons (Fsp3) is 0.229. The summed E-state index contributed by atoms with van der Waals surface area (Å²) in [6.45, 7) is -0.178. The van der Waals surface area contributed by atoms with Gasteiger partial charge in [0.2, 0.25) is 0 Å². The average Bonchev–Trinajstić information content (AvgIpc) is 0.777. The van der Waals surface area contributed by atoms with Crippen LogP contribution in [0.25, 0.3) is 0 Å². The van der Waals surface area contributed by atoms with Crippen molar-refractivity contribution in [3.8, 4) is 59.8 Å². The van der Waals surface area contributed by atoms with Crippen LogP contribution in [0.4, 0.5) is 52.7 Å². The molecule has 0 saturated heterocycles. The molecule has 10 aromatic rings. The number of ketones is 8. The van der Waals surface area contributed by atoms with Crippen LogP contribution in [0.2, 0.25) is 0 Å². The van der Waals surface area contributed by atoms with Gasteiger partial charge in [0.1, 0.15) is 36.2 Å². The largest absolute Gasteiger partial charge is 0.496 e. The van der Waals surface area contributed by atoms with Crippen molar-refractivity contribution in [1.82, 2.24) is 0 Å². The summed E-state index contributed by atoms with van der Waals surface area (Å²) >= 11 is 2.10. The van der Waals surface area contributed by atoms with Gasteiger partial charge in [-0.1, -0.05) is 72.5 Å². The molecule has 0 heterocycles. The molecule has 8 N–H and O–H groups in total. The van der Waals surface area contributed by atoms with E-state index in [2.05, 4.69) is 11.8 Å². The summed E-state index contributed by atoms with van der Waals surface area (Å²) in [6, 6.07) is 40.7. The number of methoxy groups -OCH3 is 2. The van der Waals surface area contributed by atoms with Crippen LogP contribution in [0.15, 0.2) is 192 Å². The van der Waals surface area contributed by atoms with Crippen molar-refractivity contribution >= 4 is 69.8 Å². The summed E-state index contributed by atoms with van der Waals surface area (Å²) in [6.07, 6.45) is -13.3. The topological polar surface area (TPSA) is 325 Å². The maximum Gasteiger partial charge on any atom is 0.416 e. The van der Waals surface area contributed by atoms with Crippen molar-refractivity contribution < 1.29 is 110 Å². The Labute approximate surface area is 735 Å². The van der Waals surface area contributed by atoms with Crippen LogP contribution in [0.3, 0.4) is 0 Å². The van der Waals surface area contributed by atoms with Gasteiger partial charge in [-0.3, -0.25) is 38.4 Å². The van der Waals surface area contributed by atoms with Crippen molar-refractivity contribution in [3.63, 3.8) is 0 Å². The average molecular weight is 1800 g/mol. The predicted octanol–water partition coefficient (Wildman–Crippen LogP) is 17.4. The third-order valence-corrected chi connectivity index (χ3v) is 21.9. The molecule has 18 nitrogen and oxygen atoms in total. The monoisotopic (exact) mass is 1800 g/mol. The molecule has 0 saturated carbocycles. The summed E-state index contributed by atoms with van der Waals surface area (Å²) in [7, 11) is 2.42. The second kappa shape index (κ2) is 44.1. The van der Waals surface area contributed by atoms with E-state index in [0.29, 0.717) is 11.1 Å². The molecule has 0 atom stereocenters. The minimum atomic E-state index is -4.91. The smallest absolute Gasteiger partial charge is 0.416 e. The van der Waals surface area contributed by atoms with Gasteiger partial charge in [0.25, 0.3) is 0 Å². The molecule has 0 aliphatic rings. The van der Waals surface area contributed by atoms with E-state index in [1.165, 1.54) is 117 Å². The Bertz CT molecular complexity index is 5740. The van der Waals surface area contributed by atoms with Crippen molar-refractivity contribution in [2.75, 3.05) is 65.1 Å². The van der Waals surface area contributed by atoms with Crippen LogP contribution in [0.1, 0.15) is 172 Å². The number of Topliss-reactive ketones (excluding diaryl/α,β-unsaturated/α-hetero) is 8. The summed E-state index contributed by atoms with van der Waals surface area (Å²) in [4.78, 5) is 110. The normalized spacial score (nSPS) is 11.4. The molecular weight excluding hydrogens is 1720 g/mol. The molecule has 0 radical (unpaired) electrons. The highest BCUT2D eigenvalue weighted by atomic mass is 32.2. The van der Waals surface area contributed by atoms with Gasteiger partial charge >= 0.3 is 24.7 Å². The predicted molar refractivity (Wildman–Crippen MR) is 456 cm³/mol. The SMILES string of the molecule is C#Cc1cccc(C(=O)Cc2cc(C(F)(F)F)cc(CC(=O)c3cc(C(=O)Cc4cc(C(F)(F)F)cc(CC(=O)c5cccc(C#N)c5)c4SCCN)c(OC)cc3OC)c2SCCN)c1.C#Cc1cccc(C(=O)Cc2cc(CC(=O)c3cc(C(=O)Cc4cc(CC(=O)c5cccc(C#N)c5)cc(C(F)(F)F)c4)c(OCCN)cc3OCCN)cc(C(F)(F)F)c2)c1. The Kier molecular flexibility index (Phi) is 33.9.